The van der Waals surface area contributed by atoms with Crippen LogP contribution in [0.2, 0.25) is 5.02 Å². The van der Waals surface area contributed by atoms with Crippen molar-refractivity contribution in [2.75, 3.05) is 26.2 Å². The summed E-state index contributed by atoms with van der Waals surface area (Å²) in [7, 11) is 0. The molecular weight excluding hydrogens is 320 g/mol. The van der Waals surface area contributed by atoms with E-state index in [2.05, 4.69) is 16.3 Å². The van der Waals surface area contributed by atoms with E-state index < -0.39 is 5.60 Å². The fourth-order valence-corrected chi connectivity index (χ4v) is 5.20. The van der Waals surface area contributed by atoms with Crippen LogP contribution in [0.4, 0.5) is 0 Å². The average Bonchev–Trinajstić information content (AvgIpc) is 3.00. The van der Waals surface area contributed by atoms with E-state index in [4.69, 9.17) is 11.6 Å². The molecule has 2 N–H and O–H groups in total. The van der Waals surface area contributed by atoms with Gasteiger partial charge in [-0.05, 0) is 54.8 Å². The molecule has 24 heavy (non-hydrogen) atoms. The Labute approximate surface area is 150 Å². The lowest BCUT2D eigenvalue weighted by Gasteiger charge is -2.36. The van der Waals surface area contributed by atoms with Crippen LogP contribution in [0.5, 0.6) is 0 Å². The molecule has 0 bridgehead atoms. The van der Waals surface area contributed by atoms with Crippen molar-refractivity contribution in [3.63, 3.8) is 0 Å². The maximum absolute atomic E-state index is 10.7. The molecule has 2 aliphatic carbocycles. The topological polar surface area (TPSA) is 35.5 Å². The molecule has 2 atom stereocenters. The van der Waals surface area contributed by atoms with Gasteiger partial charge in [-0.25, -0.2) is 0 Å². The number of halogens is 1. The zero-order valence-corrected chi connectivity index (χ0v) is 15.1. The van der Waals surface area contributed by atoms with Gasteiger partial charge in [0.05, 0.1) is 5.60 Å². The molecule has 4 heteroatoms. The minimum absolute atomic E-state index is 0.393. The Morgan fingerprint density at radius 3 is 2.62 bits per heavy atom. The van der Waals surface area contributed by atoms with Crippen molar-refractivity contribution in [1.82, 2.24) is 10.2 Å². The Morgan fingerprint density at radius 2 is 1.92 bits per heavy atom. The van der Waals surface area contributed by atoms with Crippen LogP contribution in [0.1, 0.15) is 37.7 Å². The van der Waals surface area contributed by atoms with Crippen molar-refractivity contribution in [2.24, 2.45) is 17.8 Å². The van der Waals surface area contributed by atoms with Crippen molar-refractivity contribution in [2.45, 2.75) is 44.2 Å². The van der Waals surface area contributed by atoms with Crippen molar-refractivity contribution in [3.8, 4) is 0 Å². The Morgan fingerprint density at radius 1 is 1.17 bits per heavy atom. The number of likely N-dealkylation sites (tertiary alicyclic amines) is 1. The van der Waals surface area contributed by atoms with Gasteiger partial charge in [-0.2, -0.15) is 0 Å². The summed E-state index contributed by atoms with van der Waals surface area (Å²) in [6.45, 7) is 5.30. The van der Waals surface area contributed by atoms with E-state index in [0.29, 0.717) is 0 Å². The highest BCUT2D eigenvalue weighted by atomic mass is 35.5. The van der Waals surface area contributed by atoms with Gasteiger partial charge in [0.2, 0.25) is 0 Å². The highest BCUT2D eigenvalue weighted by Crippen LogP contribution is 2.51. The van der Waals surface area contributed by atoms with E-state index in [1.807, 2.05) is 18.2 Å². The number of hydrogen-bond acceptors (Lipinski definition) is 3. The molecule has 1 heterocycles. The Hall–Kier alpha value is -0.610. The van der Waals surface area contributed by atoms with Crippen LogP contribution in [0.25, 0.3) is 0 Å². The second-order valence-electron chi connectivity index (χ2n) is 8.23. The Kier molecular flexibility index (Phi) is 4.88. The molecular formula is C20H29ClN2O. The van der Waals surface area contributed by atoms with Crippen molar-refractivity contribution in [1.29, 1.82) is 0 Å². The van der Waals surface area contributed by atoms with Gasteiger partial charge >= 0.3 is 0 Å². The van der Waals surface area contributed by atoms with E-state index >= 15 is 0 Å². The number of benzene rings is 1. The first-order chi connectivity index (χ1) is 11.6. The number of nitrogens with zero attached hydrogens (tertiary/aromatic N) is 1. The molecule has 0 amide bonds. The standard InChI is InChI=1S/C20H29ClN2O/c21-16-6-4-5-15(9-16)10-22-11-17-18-12-23(13-19(17)18)14-20(24)7-2-1-3-8-20/h4-6,9,17-19,22,24H,1-3,7-8,10-14H2. The fraction of sp³-hybridized carbons (Fsp3) is 0.700. The molecule has 0 radical (unpaired) electrons. The first-order valence-electron chi connectivity index (χ1n) is 9.53. The first-order valence-corrected chi connectivity index (χ1v) is 9.91. The summed E-state index contributed by atoms with van der Waals surface area (Å²) in [6, 6.07) is 8.10. The smallest absolute Gasteiger partial charge is 0.0774 e. The van der Waals surface area contributed by atoms with Gasteiger partial charge in [0.25, 0.3) is 0 Å². The zero-order chi connectivity index (χ0) is 16.6. The normalized spacial score (nSPS) is 31.8. The lowest BCUT2D eigenvalue weighted by atomic mass is 9.84. The van der Waals surface area contributed by atoms with Crippen LogP contribution in [-0.4, -0.2) is 41.8 Å². The SMILES string of the molecule is OC1(CN2CC3C(CNCc4cccc(Cl)c4)C3C2)CCCCC1. The lowest BCUT2D eigenvalue weighted by molar-refractivity contribution is -0.0244. The molecule has 1 saturated heterocycles. The molecule has 2 saturated carbocycles. The second-order valence-corrected chi connectivity index (χ2v) is 8.67. The van der Waals surface area contributed by atoms with Gasteiger partial charge in [0.1, 0.15) is 0 Å². The van der Waals surface area contributed by atoms with E-state index in [0.717, 1.165) is 55.3 Å². The van der Waals surface area contributed by atoms with Crippen LogP contribution in [-0.2, 0) is 6.54 Å². The van der Waals surface area contributed by atoms with Gasteiger partial charge in [0.15, 0.2) is 0 Å². The number of hydrogen-bond donors (Lipinski definition) is 2. The fourth-order valence-electron chi connectivity index (χ4n) is 4.98. The van der Waals surface area contributed by atoms with E-state index in [9.17, 15) is 5.11 Å². The maximum Gasteiger partial charge on any atom is 0.0774 e. The van der Waals surface area contributed by atoms with Gasteiger partial charge in [0, 0.05) is 31.2 Å². The first kappa shape index (κ1) is 16.8. The molecule has 3 nitrogen and oxygen atoms in total. The van der Waals surface area contributed by atoms with E-state index in [1.165, 1.54) is 37.9 Å². The number of rotatable bonds is 6. The van der Waals surface area contributed by atoms with Crippen LogP contribution >= 0.6 is 11.6 Å². The van der Waals surface area contributed by atoms with Gasteiger partial charge in [-0.1, -0.05) is 43.0 Å². The molecule has 132 valence electrons. The zero-order valence-electron chi connectivity index (χ0n) is 14.4. The molecule has 3 fully saturated rings. The third-order valence-corrected chi connectivity index (χ3v) is 6.58. The third kappa shape index (κ3) is 3.80. The summed E-state index contributed by atoms with van der Waals surface area (Å²) >= 11 is 6.03. The molecule has 4 rings (SSSR count). The predicted molar refractivity (Wildman–Crippen MR) is 98.1 cm³/mol. The Bertz CT molecular complexity index is 561. The number of nitrogens with one attached hydrogen (secondary N) is 1. The monoisotopic (exact) mass is 348 g/mol. The molecule has 3 aliphatic rings. The number of fused-ring (bicyclic) bond motifs is 1. The average molecular weight is 349 g/mol. The molecule has 0 spiro atoms. The summed E-state index contributed by atoms with van der Waals surface area (Å²) in [6.07, 6.45) is 5.71. The molecule has 0 aromatic heterocycles. The maximum atomic E-state index is 10.7. The number of piperidine rings is 1. The van der Waals surface area contributed by atoms with Gasteiger partial charge in [-0.3, -0.25) is 4.90 Å². The van der Waals surface area contributed by atoms with E-state index in [-0.39, 0.29) is 0 Å². The van der Waals surface area contributed by atoms with Gasteiger partial charge in [-0.15, -0.1) is 0 Å². The number of β-amino-alcohol motifs (C(OH)–C–C–N with tert-alkyl or cyclic N) is 1. The minimum atomic E-state index is -0.393. The third-order valence-electron chi connectivity index (χ3n) is 6.35. The largest absolute Gasteiger partial charge is 0.389 e. The van der Waals surface area contributed by atoms with Gasteiger partial charge < -0.3 is 10.4 Å². The second kappa shape index (κ2) is 6.95. The molecule has 1 aromatic rings. The summed E-state index contributed by atoms with van der Waals surface area (Å²) in [5, 5.41) is 15.1. The van der Waals surface area contributed by atoms with Crippen LogP contribution in [0.15, 0.2) is 24.3 Å². The molecule has 2 unspecified atom stereocenters. The lowest BCUT2D eigenvalue weighted by Crippen LogP contribution is -2.44. The minimum Gasteiger partial charge on any atom is -0.389 e. The van der Waals surface area contributed by atoms with Crippen LogP contribution in [0, 0.1) is 17.8 Å². The highest BCUT2D eigenvalue weighted by molar-refractivity contribution is 6.30. The summed E-state index contributed by atoms with van der Waals surface area (Å²) in [4.78, 5) is 2.52. The molecule has 1 aliphatic heterocycles. The quantitative estimate of drug-likeness (QED) is 0.828. The summed E-state index contributed by atoms with van der Waals surface area (Å²) in [5.74, 6) is 2.54. The summed E-state index contributed by atoms with van der Waals surface area (Å²) in [5.41, 5.74) is 0.865. The van der Waals surface area contributed by atoms with Crippen molar-refractivity contribution >= 4 is 11.6 Å². The number of aliphatic hydroxyl groups is 1. The van der Waals surface area contributed by atoms with E-state index in [1.54, 1.807) is 0 Å². The summed E-state index contributed by atoms with van der Waals surface area (Å²) < 4.78 is 0. The predicted octanol–water partition coefficient (Wildman–Crippen LogP) is 3.30. The molecule has 1 aromatic carbocycles. The van der Waals surface area contributed by atoms with Crippen LogP contribution in [0.3, 0.4) is 0 Å². The van der Waals surface area contributed by atoms with Crippen molar-refractivity contribution < 1.29 is 5.11 Å². The highest BCUT2D eigenvalue weighted by Gasteiger charge is 2.55. The van der Waals surface area contributed by atoms with Crippen LogP contribution < -0.4 is 5.32 Å². The van der Waals surface area contributed by atoms with Crippen molar-refractivity contribution in [3.05, 3.63) is 34.9 Å². The Balaban J connectivity index is 1.17.